The zero-order valence-corrected chi connectivity index (χ0v) is 12.3. The maximum atomic E-state index is 5.30. The van der Waals surface area contributed by atoms with Gasteiger partial charge in [0.05, 0.1) is 6.54 Å². The molecule has 2 aliphatic rings. The molecule has 1 aliphatic carbocycles. The number of allylic oxidation sites excluding steroid dienone is 1. The van der Waals surface area contributed by atoms with Crippen molar-refractivity contribution >= 4 is 0 Å². The lowest BCUT2D eigenvalue weighted by molar-refractivity contribution is 0.213. The summed E-state index contributed by atoms with van der Waals surface area (Å²) in [6.07, 6.45) is 5.19. The summed E-state index contributed by atoms with van der Waals surface area (Å²) in [7, 11) is 0. The fourth-order valence-electron chi connectivity index (χ4n) is 2.51. The molecule has 0 bridgehead atoms. The molecule has 114 valence electrons. The summed E-state index contributed by atoms with van der Waals surface area (Å²) in [6.45, 7) is 7.26. The van der Waals surface area contributed by atoms with Crippen LogP contribution in [0.4, 0.5) is 0 Å². The van der Waals surface area contributed by atoms with Crippen LogP contribution in [0, 0.1) is 0 Å². The summed E-state index contributed by atoms with van der Waals surface area (Å²) < 4.78 is 5.30. The molecule has 0 aromatic carbocycles. The van der Waals surface area contributed by atoms with E-state index in [1.807, 2.05) is 0 Å². The van der Waals surface area contributed by atoms with Gasteiger partial charge in [-0.3, -0.25) is 4.90 Å². The standard InChI is InChI=1S/C14H21N3O.2H2O/c1-10(2)14-15-13(18-16-14)9-17-7-5-12(6-8-17)11-3-4-11;;/h10H,3-9H2,1-2H3;2*1H2. The topological polar surface area (TPSA) is 105 Å². The summed E-state index contributed by atoms with van der Waals surface area (Å²) in [5.74, 6) is 1.93. The van der Waals surface area contributed by atoms with Crippen molar-refractivity contribution in [1.29, 1.82) is 0 Å². The van der Waals surface area contributed by atoms with Gasteiger partial charge in [-0.2, -0.15) is 4.98 Å². The molecule has 20 heavy (non-hydrogen) atoms. The molecule has 0 radical (unpaired) electrons. The van der Waals surface area contributed by atoms with Gasteiger partial charge in [-0.1, -0.05) is 30.2 Å². The second kappa shape index (κ2) is 6.97. The van der Waals surface area contributed by atoms with E-state index in [2.05, 4.69) is 28.9 Å². The Morgan fingerprint density at radius 2 is 1.65 bits per heavy atom. The third-order valence-electron chi connectivity index (χ3n) is 3.82. The highest BCUT2D eigenvalue weighted by atomic mass is 16.5. The summed E-state index contributed by atoms with van der Waals surface area (Å²) in [5, 5.41) is 4.01. The Kier molecular flexibility index (Phi) is 5.86. The number of piperidine rings is 1. The van der Waals surface area contributed by atoms with Gasteiger partial charge in [-0.15, -0.1) is 0 Å². The van der Waals surface area contributed by atoms with Gasteiger partial charge in [0.1, 0.15) is 0 Å². The minimum absolute atomic E-state index is 0. The maximum Gasteiger partial charge on any atom is 0.240 e. The first-order valence-electron chi connectivity index (χ1n) is 6.97. The predicted octanol–water partition coefficient (Wildman–Crippen LogP) is 1.23. The van der Waals surface area contributed by atoms with Crippen LogP contribution < -0.4 is 0 Å². The van der Waals surface area contributed by atoms with Gasteiger partial charge < -0.3 is 15.5 Å². The van der Waals surface area contributed by atoms with E-state index < -0.39 is 0 Å². The van der Waals surface area contributed by atoms with Crippen molar-refractivity contribution in [3.8, 4) is 0 Å². The van der Waals surface area contributed by atoms with Crippen molar-refractivity contribution in [2.24, 2.45) is 0 Å². The van der Waals surface area contributed by atoms with Crippen molar-refractivity contribution in [3.05, 3.63) is 22.9 Å². The Morgan fingerprint density at radius 3 is 2.15 bits per heavy atom. The normalized spacial score (nSPS) is 18.8. The molecular weight excluding hydrogens is 258 g/mol. The Bertz CT molecular complexity index is 452. The fraction of sp³-hybridized carbons (Fsp3) is 0.714. The number of rotatable bonds is 3. The number of aromatic nitrogens is 2. The molecule has 6 nitrogen and oxygen atoms in total. The summed E-state index contributed by atoms with van der Waals surface area (Å²) in [4.78, 5) is 6.86. The van der Waals surface area contributed by atoms with Crippen LogP contribution in [-0.4, -0.2) is 39.1 Å². The number of nitrogens with zero attached hydrogens (tertiary/aromatic N) is 3. The van der Waals surface area contributed by atoms with E-state index in [1.54, 1.807) is 11.1 Å². The van der Waals surface area contributed by atoms with Crippen molar-refractivity contribution in [3.63, 3.8) is 0 Å². The van der Waals surface area contributed by atoms with E-state index in [1.165, 1.54) is 25.7 Å². The van der Waals surface area contributed by atoms with Gasteiger partial charge in [0.25, 0.3) is 0 Å². The van der Waals surface area contributed by atoms with Crippen LogP contribution in [0.3, 0.4) is 0 Å². The lowest BCUT2D eigenvalue weighted by Crippen LogP contribution is -2.30. The molecule has 4 N–H and O–H groups in total. The minimum atomic E-state index is 0. The zero-order chi connectivity index (χ0) is 12.5. The van der Waals surface area contributed by atoms with E-state index >= 15 is 0 Å². The average molecular weight is 283 g/mol. The maximum absolute atomic E-state index is 5.30. The van der Waals surface area contributed by atoms with Crippen LogP contribution in [0.15, 0.2) is 15.7 Å². The van der Waals surface area contributed by atoms with E-state index in [0.29, 0.717) is 5.92 Å². The van der Waals surface area contributed by atoms with Gasteiger partial charge >= 0.3 is 0 Å². The van der Waals surface area contributed by atoms with Crippen molar-refractivity contribution < 1.29 is 15.5 Å². The number of likely N-dealkylation sites (tertiary alicyclic amines) is 1. The first-order chi connectivity index (χ1) is 8.72. The van der Waals surface area contributed by atoms with Crippen molar-refractivity contribution in [1.82, 2.24) is 15.0 Å². The van der Waals surface area contributed by atoms with Gasteiger partial charge in [0.15, 0.2) is 5.82 Å². The Morgan fingerprint density at radius 1 is 1.05 bits per heavy atom. The van der Waals surface area contributed by atoms with Crippen LogP contribution in [0.25, 0.3) is 0 Å². The Labute approximate surface area is 119 Å². The Balaban J connectivity index is 0.000001000. The predicted molar refractivity (Wildman–Crippen MR) is 76.4 cm³/mol. The summed E-state index contributed by atoms with van der Waals surface area (Å²) in [5.41, 5.74) is 3.45. The van der Waals surface area contributed by atoms with Crippen LogP contribution >= 0.6 is 0 Å². The smallest absolute Gasteiger partial charge is 0.240 e. The highest BCUT2D eigenvalue weighted by molar-refractivity contribution is 5.26. The molecule has 6 heteroatoms. The molecule has 3 rings (SSSR count). The summed E-state index contributed by atoms with van der Waals surface area (Å²) >= 11 is 0. The molecular formula is C14H25N3O3. The van der Waals surface area contributed by atoms with Crippen LogP contribution in [-0.2, 0) is 6.54 Å². The SMILES string of the molecule is CC(C)c1noc(CN2CCC(=C3CC3)CC2)n1.O.O. The van der Waals surface area contributed by atoms with E-state index in [-0.39, 0.29) is 11.0 Å². The number of hydrogen-bond donors (Lipinski definition) is 0. The largest absolute Gasteiger partial charge is 0.412 e. The monoisotopic (exact) mass is 283 g/mol. The van der Waals surface area contributed by atoms with Gasteiger partial charge in [0.2, 0.25) is 5.89 Å². The molecule has 0 spiro atoms. The second-order valence-corrected chi connectivity index (χ2v) is 5.68. The molecule has 1 saturated carbocycles. The number of hydrogen-bond acceptors (Lipinski definition) is 4. The van der Waals surface area contributed by atoms with Crippen LogP contribution in [0.1, 0.15) is 57.2 Å². The molecule has 0 unspecified atom stereocenters. The van der Waals surface area contributed by atoms with Gasteiger partial charge in [0, 0.05) is 19.0 Å². The second-order valence-electron chi connectivity index (χ2n) is 5.68. The molecule has 1 saturated heterocycles. The zero-order valence-electron chi connectivity index (χ0n) is 12.3. The van der Waals surface area contributed by atoms with Gasteiger partial charge in [-0.25, -0.2) is 0 Å². The quantitative estimate of drug-likeness (QED) is 0.778. The lowest BCUT2D eigenvalue weighted by atomic mass is 10.0. The first kappa shape index (κ1) is 16.8. The van der Waals surface area contributed by atoms with Crippen molar-refractivity contribution in [2.75, 3.05) is 13.1 Å². The third kappa shape index (κ3) is 3.88. The first-order valence-corrected chi connectivity index (χ1v) is 6.97. The highest BCUT2D eigenvalue weighted by Crippen LogP contribution is 2.36. The molecule has 1 aromatic rings. The fourth-order valence-corrected chi connectivity index (χ4v) is 2.51. The molecule has 1 aromatic heterocycles. The highest BCUT2D eigenvalue weighted by Gasteiger charge is 2.23. The summed E-state index contributed by atoms with van der Waals surface area (Å²) in [6, 6.07) is 0. The molecule has 0 amide bonds. The van der Waals surface area contributed by atoms with Crippen LogP contribution in [0.2, 0.25) is 0 Å². The molecule has 1 aliphatic heterocycles. The van der Waals surface area contributed by atoms with Crippen molar-refractivity contribution in [2.45, 2.75) is 52.0 Å². The molecule has 2 fully saturated rings. The minimum Gasteiger partial charge on any atom is -0.412 e. The lowest BCUT2D eigenvalue weighted by Gasteiger charge is -2.26. The van der Waals surface area contributed by atoms with Crippen LogP contribution in [0.5, 0.6) is 0 Å². The Hall–Kier alpha value is -1.24. The molecule has 0 atom stereocenters. The van der Waals surface area contributed by atoms with E-state index in [0.717, 1.165) is 31.3 Å². The molecule has 2 heterocycles. The van der Waals surface area contributed by atoms with E-state index in [4.69, 9.17) is 4.52 Å². The third-order valence-corrected chi connectivity index (χ3v) is 3.82. The van der Waals surface area contributed by atoms with Gasteiger partial charge in [-0.05, 0) is 25.7 Å². The van der Waals surface area contributed by atoms with E-state index in [9.17, 15) is 0 Å². The average Bonchev–Trinajstić information content (AvgIpc) is 3.10.